The first-order valence-corrected chi connectivity index (χ1v) is 8.88. The van der Waals surface area contributed by atoms with Crippen molar-refractivity contribution in [1.29, 1.82) is 0 Å². The first-order chi connectivity index (χ1) is 11.4. The minimum atomic E-state index is -1.57. The smallest absolute Gasteiger partial charge is 0.225 e. The Morgan fingerprint density at radius 2 is 2.00 bits per heavy atom. The van der Waals surface area contributed by atoms with E-state index >= 15 is 0 Å². The van der Waals surface area contributed by atoms with Gasteiger partial charge in [0.1, 0.15) is 11.5 Å². The molecular weight excluding hydrogens is 310 g/mol. The average molecular weight is 336 g/mol. The fourth-order valence-electron chi connectivity index (χ4n) is 3.74. The monoisotopic (exact) mass is 336 g/mol. The number of rotatable bonds is 5. The molecule has 1 heterocycles. The summed E-state index contributed by atoms with van der Waals surface area (Å²) < 4.78 is 29.3. The summed E-state index contributed by atoms with van der Waals surface area (Å²) in [4.78, 5) is 15.9. The molecular formula is C19H26F2N2O. The van der Waals surface area contributed by atoms with E-state index in [0.29, 0.717) is 24.2 Å². The van der Waals surface area contributed by atoms with Crippen LogP contribution in [0.5, 0.6) is 0 Å². The fraction of sp³-hybridized carbons (Fsp3) is 0.632. The van der Waals surface area contributed by atoms with E-state index in [0.717, 1.165) is 25.9 Å². The molecule has 0 bridgehead atoms. The second-order valence-corrected chi connectivity index (χ2v) is 7.21. The second-order valence-electron chi connectivity index (χ2n) is 7.21. The lowest BCUT2D eigenvalue weighted by Crippen LogP contribution is -2.46. The summed E-state index contributed by atoms with van der Waals surface area (Å²) in [7, 11) is 1.73. The molecule has 0 radical (unpaired) electrons. The van der Waals surface area contributed by atoms with Gasteiger partial charge in [-0.2, -0.15) is 0 Å². The van der Waals surface area contributed by atoms with Gasteiger partial charge in [0.15, 0.2) is 0 Å². The predicted octanol–water partition coefficient (Wildman–Crippen LogP) is 3.47. The lowest BCUT2D eigenvalue weighted by molar-refractivity contribution is -0.144. The molecule has 3 nitrogen and oxygen atoms in total. The Bertz CT molecular complexity index is 607. The van der Waals surface area contributed by atoms with Gasteiger partial charge in [0.05, 0.1) is 0 Å². The highest BCUT2D eigenvalue weighted by molar-refractivity contribution is 5.80. The zero-order valence-electron chi connectivity index (χ0n) is 14.5. The summed E-state index contributed by atoms with van der Waals surface area (Å²) in [5.41, 5.74) is -0.572. The average Bonchev–Trinajstić information content (AvgIpc) is 3.05. The molecule has 2 fully saturated rings. The number of likely N-dealkylation sites (tertiary alicyclic amines) is 1. The lowest BCUT2D eigenvalue weighted by atomic mass is 9.68. The molecule has 0 aromatic heterocycles. The van der Waals surface area contributed by atoms with Crippen LogP contribution in [0.25, 0.3) is 0 Å². The second kappa shape index (κ2) is 6.79. The molecule has 0 N–H and O–H groups in total. The molecule has 0 spiro atoms. The molecule has 3 rings (SSSR count). The Morgan fingerprint density at radius 3 is 2.58 bits per heavy atom. The van der Waals surface area contributed by atoms with E-state index in [1.165, 1.54) is 6.07 Å². The van der Waals surface area contributed by atoms with E-state index in [1.54, 1.807) is 24.1 Å². The van der Waals surface area contributed by atoms with Crippen LogP contribution in [0.15, 0.2) is 18.2 Å². The van der Waals surface area contributed by atoms with E-state index in [1.807, 2.05) is 6.92 Å². The molecule has 1 aliphatic carbocycles. The number of amides is 1. The number of carbonyl (C=O) groups excluding carboxylic acids is 1. The molecule has 0 unspecified atom stereocenters. The highest BCUT2D eigenvalue weighted by Crippen LogP contribution is 2.49. The van der Waals surface area contributed by atoms with E-state index in [9.17, 15) is 13.6 Å². The van der Waals surface area contributed by atoms with Gasteiger partial charge in [-0.25, -0.2) is 8.78 Å². The summed E-state index contributed by atoms with van der Waals surface area (Å²) in [5, 5.41) is 0. The van der Waals surface area contributed by atoms with Gasteiger partial charge in [0, 0.05) is 31.6 Å². The van der Waals surface area contributed by atoms with Gasteiger partial charge >= 0.3 is 0 Å². The van der Waals surface area contributed by atoms with Gasteiger partial charge in [-0.3, -0.25) is 9.69 Å². The molecule has 24 heavy (non-hydrogen) atoms. The molecule has 0 atom stereocenters. The molecule has 1 saturated heterocycles. The standard InChI is InChI=1S/C19H26F2N2O/c1-3-22(2)18(24)15-11-19(21,12-15)16-7-6-14(17(20)10-16)13-23-8-4-5-9-23/h6-7,10,15H,3-5,8-9,11-13H2,1-2H3. The highest BCUT2D eigenvalue weighted by Gasteiger charge is 2.50. The van der Waals surface area contributed by atoms with Gasteiger partial charge in [0.25, 0.3) is 0 Å². The summed E-state index contributed by atoms with van der Waals surface area (Å²) in [6.07, 6.45) is 2.63. The van der Waals surface area contributed by atoms with Crippen molar-refractivity contribution in [2.24, 2.45) is 5.92 Å². The summed E-state index contributed by atoms with van der Waals surface area (Å²) >= 11 is 0. The van der Waals surface area contributed by atoms with Gasteiger partial charge < -0.3 is 4.90 Å². The normalized spacial score (nSPS) is 27.1. The Labute approximate surface area is 142 Å². The number of hydrogen-bond acceptors (Lipinski definition) is 2. The third-order valence-electron chi connectivity index (χ3n) is 5.50. The summed E-state index contributed by atoms with van der Waals surface area (Å²) in [5.74, 6) is -0.638. The Kier molecular flexibility index (Phi) is 4.90. The first kappa shape index (κ1) is 17.3. The Morgan fingerprint density at radius 1 is 1.33 bits per heavy atom. The quantitative estimate of drug-likeness (QED) is 0.822. The van der Waals surface area contributed by atoms with Crippen molar-refractivity contribution in [3.8, 4) is 0 Å². The molecule has 1 aromatic carbocycles. The van der Waals surface area contributed by atoms with Gasteiger partial charge in [0.2, 0.25) is 5.91 Å². The van der Waals surface area contributed by atoms with Crippen molar-refractivity contribution in [2.45, 2.75) is 44.8 Å². The van der Waals surface area contributed by atoms with Crippen LogP contribution in [-0.4, -0.2) is 42.4 Å². The third kappa shape index (κ3) is 3.32. The van der Waals surface area contributed by atoms with Crippen molar-refractivity contribution < 1.29 is 13.6 Å². The number of halogens is 2. The summed E-state index contributed by atoms with van der Waals surface area (Å²) in [6, 6.07) is 4.73. The predicted molar refractivity (Wildman–Crippen MR) is 89.7 cm³/mol. The number of hydrogen-bond donors (Lipinski definition) is 0. The van der Waals surface area contributed by atoms with Crippen LogP contribution in [0.4, 0.5) is 8.78 Å². The third-order valence-corrected chi connectivity index (χ3v) is 5.50. The van der Waals surface area contributed by atoms with Gasteiger partial charge in [-0.1, -0.05) is 12.1 Å². The molecule has 1 aliphatic heterocycles. The van der Waals surface area contributed by atoms with Crippen LogP contribution in [0.3, 0.4) is 0 Å². The van der Waals surface area contributed by atoms with Gasteiger partial charge in [-0.15, -0.1) is 0 Å². The van der Waals surface area contributed by atoms with Crippen molar-refractivity contribution in [1.82, 2.24) is 9.80 Å². The topological polar surface area (TPSA) is 23.6 Å². The number of benzene rings is 1. The number of carbonyl (C=O) groups is 1. The van der Waals surface area contributed by atoms with E-state index in [4.69, 9.17) is 0 Å². The van der Waals surface area contributed by atoms with E-state index in [-0.39, 0.29) is 30.5 Å². The number of nitrogens with zero attached hydrogens (tertiary/aromatic N) is 2. The van der Waals surface area contributed by atoms with Crippen LogP contribution < -0.4 is 0 Å². The minimum Gasteiger partial charge on any atom is -0.346 e. The molecule has 2 aliphatic rings. The van der Waals surface area contributed by atoms with Crippen LogP contribution in [-0.2, 0) is 17.0 Å². The Balaban J connectivity index is 1.65. The maximum Gasteiger partial charge on any atom is 0.225 e. The van der Waals surface area contributed by atoms with Crippen molar-refractivity contribution in [3.05, 3.63) is 35.1 Å². The van der Waals surface area contributed by atoms with Crippen LogP contribution in [0, 0.1) is 11.7 Å². The number of alkyl halides is 1. The van der Waals surface area contributed by atoms with Crippen molar-refractivity contribution in [3.63, 3.8) is 0 Å². The lowest BCUT2D eigenvalue weighted by Gasteiger charge is -2.42. The zero-order chi connectivity index (χ0) is 17.3. The van der Waals surface area contributed by atoms with E-state index < -0.39 is 5.67 Å². The van der Waals surface area contributed by atoms with Crippen LogP contribution >= 0.6 is 0 Å². The van der Waals surface area contributed by atoms with Gasteiger partial charge in [-0.05, 0) is 57.3 Å². The maximum absolute atomic E-state index is 15.0. The maximum atomic E-state index is 15.0. The molecule has 132 valence electrons. The summed E-state index contributed by atoms with van der Waals surface area (Å²) in [6.45, 7) is 5.11. The minimum absolute atomic E-state index is 0.0168. The first-order valence-electron chi connectivity index (χ1n) is 8.88. The molecule has 1 amide bonds. The van der Waals surface area contributed by atoms with Crippen LogP contribution in [0.2, 0.25) is 0 Å². The molecule has 1 saturated carbocycles. The molecule has 5 heteroatoms. The fourth-order valence-corrected chi connectivity index (χ4v) is 3.74. The highest BCUT2D eigenvalue weighted by atomic mass is 19.1. The Hall–Kier alpha value is -1.49. The van der Waals surface area contributed by atoms with Crippen molar-refractivity contribution in [2.75, 3.05) is 26.7 Å². The van der Waals surface area contributed by atoms with Crippen LogP contribution in [0.1, 0.15) is 43.7 Å². The van der Waals surface area contributed by atoms with Crippen molar-refractivity contribution >= 4 is 5.91 Å². The molecule has 1 aromatic rings. The SMILES string of the molecule is CCN(C)C(=O)C1CC(F)(c2ccc(CN3CCCC3)c(F)c2)C1. The van der Waals surface area contributed by atoms with E-state index in [2.05, 4.69) is 4.90 Å². The largest absolute Gasteiger partial charge is 0.346 e. The zero-order valence-corrected chi connectivity index (χ0v) is 14.5.